The third kappa shape index (κ3) is 3.07. The van der Waals surface area contributed by atoms with Gasteiger partial charge in [-0.1, -0.05) is 6.07 Å². The number of amidine groups is 1. The summed E-state index contributed by atoms with van der Waals surface area (Å²) in [7, 11) is 0. The Hall–Kier alpha value is -2.19. The van der Waals surface area contributed by atoms with E-state index in [0.29, 0.717) is 42.7 Å². The van der Waals surface area contributed by atoms with E-state index in [2.05, 4.69) is 14.7 Å². The lowest BCUT2D eigenvalue weighted by Crippen LogP contribution is -2.52. The number of aliphatic imine (C=N–C) groups is 1. The highest BCUT2D eigenvalue weighted by Gasteiger charge is 2.39. The van der Waals surface area contributed by atoms with Gasteiger partial charge in [0.2, 0.25) is 0 Å². The molecule has 0 bridgehead atoms. The number of hydrogen-bond donors (Lipinski definition) is 2. The molecule has 6 nitrogen and oxygen atoms in total. The number of hydrogen-bond acceptors (Lipinski definition) is 6. The number of halogens is 2. The van der Waals surface area contributed by atoms with Crippen molar-refractivity contribution in [3.63, 3.8) is 0 Å². The molecule has 0 saturated carbocycles. The quantitative estimate of drug-likeness (QED) is 0.794. The average molecular weight is 382 g/mol. The number of benzene rings is 1. The molecule has 3 N–H and O–H groups in total. The Morgan fingerprint density at radius 2 is 2.12 bits per heavy atom. The van der Waals surface area contributed by atoms with Gasteiger partial charge >= 0.3 is 0 Å². The first-order valence-corrected chi connectivity index (χ1v) is 8.53. The molecule has 132 valence electrons. The summed E-state index contributed by atoms with van der Waals surface area (Å²) in [5.41, 5.74) is 7.03. The van der Waals surface area contributed by atoms with Crippen molar-refractivity contribution in [2.75, 3.05) is 18.4 Å². The minimum atomic E-state index is -0.575. The molecule has 1 aromatic carbocycles. The summed E-state index contributed by atoms with van der Waals surface area (Å²) in [6.07, 6.45) is 2.82. The maximum absolute atomic E-state index is 13.9. The molecular weight excluding hydrogens is 365 g/mol. The Balaban J connectivity index is 0.00000182. The molecule has 2 aromatic rings. The van der Waals surface area contributed by atoms with Crippen molar-refractivity contribution in [2.45, 2.75) is 18.5 Å². The van der Waals surface area contributed by atoms with Gasteiger partial charge in [-0.25, -0.2) is 13.8 Å². The van der Waals surface area contributed by atoms with Crippen molar-refractivity contribution in [3.8, 4) is 0 Å². The molecule has 1 saturated heterocycles. The molecule has 25 heavy (non-hydrogen) atoms. The predicted octanol–water partition coefficient (Wildman–Crippen LogP) is 2.47. The van der Waals surface area contributed by atoms with E-state index in [4.69, 9.17) is 5.73 Å². The van der Waals surface area contributed by atoms with Gasteiger partial charge < -0.3 is 16.0 Å². The van der Waals surface area contributed by atoms with Gasteiger partial charge in [-0.2, -0.15) is 0 Å². The topological polar surface area (TPSA) is 83.6 Å². The van der Waals surface area contributed by atoms with Gasteiger partial charge in [-0.3, -0.25) is 4.79 Å². The van der Waals surface area contributed by atoms with Gasteiger partial charge in [0.25, 0.3) is 5.91 Å². The van der Waals surface area contributed by atoms with Gasteiger partial charge in [-0.05, 0) is 23.7 Å². The highest BCUT2D eigenvalue weighted by Crippen LogP contribution is 2.35. The molecule has 4 rings (SSSR count). The van der Waals surface area contributed by atoms with Crippen molar-refractivity contribution in [1.29, 1.82) is 0 Å². The van der Waals surface area contributed by atoms with E-state index >= 15 is 0 Å². The van der Waals surface area contributed by atoms with Crippen LogP contribution < -0.4 is 11.1 Å². The summed E-state index contributed by atoms with van der Waals surface area (Å²) in [4.78, 5) is 18.7. The second-order valence-electron chi connectivity index (χ2n) is 6.02. The molecule has 9 heteroatoms. The smallest absolute Gasteiger partial charge is 0.256 e. The first-order valence-electron chi connectivity index (χ1n) is 7.69. The summed E-state index contributed by atoms with van der Waals surface area (Å²) < 4.78 is 17.9. The van der Waals surface area contributed by atoms with Crippen molar-refractivity contribution >= 4 is 41.4 Å². The molecule has 0 atom stereocenters. The fraction of sp³-hybridized carbons (Fsp3) is 0.312. The Labute approximate surface area is 154 Å². The van der Waals surface area contributed by atoms with E-state index in [0.717, 1.165) is 0 Å². The molecular formula is C16H17ClFN5OS. The number of carbonyl (C=O) groups excluding carboxylic acids is 1. The zero-order valence-electron chi connectivity index (χ0n) is 13.2. The van der Waals surface area contributed by atoms with Crippen LogP contribution in [-0.2, 0) is 0 Å². The number of nitrogens with two attached hydrogens (primary N) is 1. The summed E-state index contributed by atoms with van der Waals surface area (Å²) >= 11 is 1.26. The van der Waals surface area contributed by atoms with Gasteiger partial charge in [-0.15, -0.1) is 12.4 Å². The number of fused-ring (bicyclic) bond motifs is 1. The van der Waals surface area contributed by atoms with E-state index in [9.17, 15) is 9.18 Å². The Morgan fingerprint density at radius 3 is 2.80 bits per heavy atom. The molecule has 1 spiro atoms. The summed E-state index contributed by atoms with van der Waals surface area (Å²) in [5.74, 6) is -0.185. The number of aromatic nitrogens is 1. The lowest BCUT2D eigenvalue weighted by atomic mass is 9.93. The van der Waals surface area contributed by atoms with E-state index in [1.807, 2.05) is 0 Å². The minimum Gasteiger partial charge on any atom is -0.383 e. The SMILES string of the molecule is Cl.NC1=NC2(CCN(C(=O)c3cnsc3)CC2)Nc2cccc(F)c21. The van der Waals surface area contributed by atoms with Crippen LogP contribution in [-0.4, -0.2) is 39.8 Å². The normalized spacial score (nSPS) is 18.0. The molecule has 0 unspecified atom stereocenters. The molecule has 3 heterocycles. The first-order chi connectivity index (χ1) is 11.6. The predicted molar refractivity (Wildman–Crippen MR) is 98.0 cm³/mol. The Bertz CT molecular complexity index is 818. The van der Waals surface area contributed by atoms with Crippen molar-refractivity contribution in [2.24, 2.45) is 10.7 Å². The number of piperidine rings is 1. The molecule has 1 fully saturated rings. The number of carbonyl (C=O) groups is 1. The number of amides is 1. The molecule has 1 amide bonds. The maximum Gasteiger partial charge on any atom is 0.256 e. The Morgan fingerprint density at radius 1 is 1.36 bits per heavy atom. The van der Waals surface area contributed by atoms with Gasteiger partial charge in [0.05, 0.1) is 17.3 Å². The average Bonchev–Trinajstić information content (AvgIpc) is 3.09. The van der Waals surface area contributed by atoms with Crippen LogP contribution in [0.5, 0.6) is 0 Å². The monoisotopic (exact) mass is 381 g/mol. The third-order valence-corrected chi connectivity index (χ3v) is 5.12. The van der Waals surface area contributed by atoms with Gasteiger partial charge in [0.15, 0.2) is 0 Å². The largest absolute Gasteiger partial charge is 0.383 e. The minimum absolute atomic E-state index is 0. The van der Waals surface area contributed by atoms with E-state index in [1.54, 1.807) is 28.6 Å². The number of rotatable bonds is 1. The zero-order chi connectivity index (χ0) is 16.7. The van der Waals surface area contributed by atoms with Crippen LogP contribution >= 0.6 is 23.9 Å². The van der Waals surface area contributed by atoms with E-state index in [-0.39, 0.29) is 30.0 Å². The number of likely N-dealkylation sites (tertiary alicyclic amines) is 1. The first kappa shape index (κ1) is 17.6. The molecule has 2 aliphatic rings. The van der Waals surface area contributed by atoms with Crippen LogP contribution in [0.4, 0.5) is 10.1 Å². The second-order valence-corrected chi connectivity index (χ2v) is 6.68. The maximum atomic E-state index is 13.9. The summed E-state index contributed by atoms with van der Waals surface area (Å²) in [5, 5.41) is 5.07. The summed E-state index contributed by atoms with van der Waals surface area (Å²) in [6.45, 7) is 1.12. The third-order valence-electron chi connectivity index (χ3n) is 4.53. The van der Waals surface area contributed by atoms with Crippen molar-refractivity contribution in [3.05, 3.63) is 46.7 Å². The van der Waals surface area contributed by atoms with Crippen molar-refractivity contribution < 1.29 is 9.18 Å². The van der Waals surface area contributed by atoms with Crippen LogP contribution in [0.2, 0.25) is 0 Å². The second kappa shape index (κ2) is 6.61. The van der Waals surface area contributed by atoms with Gasteiger partial charge in [0.1, 0.15) is 17.3 Å². The molecule has 1 aromatic heterocycles. The number of nitrogens with zero attached hydrogens (tertiary/aromatic N) is 3. The summed E-state index contributed by atoms with van der Waals surface area (Å²) in [6, 6.07) is 4.82. The fourth-order valence-electron chi connectivity index (χ4n) is 3.26. The number of nitrogens with one attached hydrogen (secondary N) is 1. The highest BCUT2D eigenvalue weighted by molar-refractivity contribution is 7.03. The van der Waals surface area contributed by atoms with E-state index < -0.39 is 5.66 Å². The molecule has 2 aliphatic heterocycles. The lowest BCUT2D eigenvalue weighted by Gasteiger charge is -2.42. The van der Waals surface area contributed by atoms with Crippen molar-refractivity contribution in [1.82, 2.24) is 9.27 Å². The van der Waals surface area contributed by atoms with Crippen LogP contribution in [0.1, 0.15) is 28.8 Å². The molecule has 0 radical (unpaired) electrons. The van der Waals surface area contributed by atoms with Crippen LogP contribution in [0.15, 0.2) is 34.8 Å². The van der Waals surface area contributed by atoms with Crippen LogP contribution in [0.25, 0.3) is 0 Å². The lowest BCUT2D eigenvalue weighted by molar-refractivity contribution is 0.0686. The highest BCUT2D eigenvalue weighted by atomic mass is 35.5. The van der Waals surface area contributed by atoms with Gasteiger partial charge in [0, 0.05) is 37.0 Å². The van der Waals surface area contributed by atoms with Crippen LogP contribution in [0, 0.1) is 5.82 Å². The number of anilines is 1. The standard InChI is InChI=1S/C16H16FN5OS.ClH/c17-11-2-1-3-12-13(11)14(18)21-16(20-12)4-6-22(7-5-16)15(23)10-8-19-24-9-10;/h1-3,8-9,20H,4-7H2,(H2,18,21);1H. The van der Waals surface area contributed by atoms with Crippen LogP contribution in [0.3, 0.4) is 0 Å². The molecule has 0 aliphatic carbocycles. The van der Waals surface area contributed by atoms with E-state index in [1.165, 1.54) is 17.6 Å². The zero-order valence-corrected chi connectivity index (χ0v) is 14.9. The fourth-order valence-corrected chi connectivity index (χ4v) is 3.77. The Kier molecular flexibility index (Phi) is 4.66.